The van der Waals surface area contributed by atoms with Crippen molar-refractivity contribution in [3.8, 4) is 6.07 Å². The summed E-state index contributed by atoms with van der Waals surface area (Å²) >= 11 is 0. The fraction of sp³-hybridized carbons (Fsp3) is 0.500. The summed E-state index contributed by atoms with van der Waals surface area (Å²) in [6.07, 6.45) is 2.57. The molecule has 0 aliphatic carbocycles. The van der Waals surface area contributed by atoms with E-state index in [0.717, 1.165) is 6.07 Å². The lowest BCUT2D eigenvalue weighted by Gasteiger charge is -2.14. The first-order valence-electron chi connectivity index (χ1n) is 5.22. The quantitative estimate of drug-likeness (QED) is 0.784. The fourth-order valence-electron chi connectivity index (χ4n) is 1.42. The maximum Gasteiger partial charge on any atom is 0.250 e. The predicted molar refractivity (Wildman–Crippen MR) is 59.3 cm³/mol. The second-order valence-corrected chi connectivity index (χ2v) is 4.48. The average molecular weight is 222 g/mol. The van der Waals surface area contributed by atoms with Gasteiger partial charge in [0.25, 0.3) is 5.56 Å². The number of halogens is 1. The predicted octanol–water partition coefficient (Wildman–Crippen LogP) is 2.32. The largest absolute Gasteiger partial charge is 0.313 e. The standard InChI is InChI=1S/C12H15FN2O/c1-12(2,9-14)6-3-7-15-8-10(13)4-5-11(15)16/h4-5,8H,3,6-7H2,1-2H3. The first kappa shape index (κ1) is 12.4. The van der Waals surface area contributed by atoms with Crippen molar-refractivity contribution in [3.63, 3.8) is 0 Å². The average Bonchev–Trinajstić information content (AvgIpc) is 2.23. The third-order valence-electron chi connectivity index (χ3n) is 2.45. The van der Waals surface area contributed by atoms with E-state index in [1.54, 1.807) is 0 Å². The monoisotopic (exact) mass is 222 g/mol. The van der Waals surface area contributed by atoms with Crippen LogP contribution in [0.4, 0.5) is 4.39 Å². The zero-order valence-corrected chi connectivity index (χ0v) is 9.53. The molecular formula is C12H15FN2O. The van der Waals surface area contributed by atoms with E-state index in [0.29, 0.717) is 19.4 Å². The second kappa shape index (κ2) is 4.93. The maximum absolute atomic E-state index is 12.9. The van der Waals surface area contributed by atoms with Gasteiger partial charge in [0, 0.05) is 18.8 Å². The van der Waals surface area contributed by atoms with E-state index in [4.69, 9.17) is 5.26 Å². The first-order valence-corrected chi connectivity index (χ1v) is 5.22. The first-order chi connectivity index (χ1) is 7.44. The van der Waals surface area contributed by atoms with Crippen molar-refractivity contribution >= 4 is 0 Å². The van der Waals surface area contributed by atoms with Crippen LogP contribution < -0.4 is 5.56 Å². The Morgan fingerprint density at radius 2 is 2.19 bits per heavy atom. The Morgan fingerprint density at radius 1 is 1.50 bits per heavy atom. The number of hydrogen-bond acceptors (Lipinski definition) is 2. The summed E-state index contributed by atoms with van der Waals surface area (Å²) in [5.74, 6) is -0.417. The smallest absolute Gasteiger partial charge is 0.250 e. The number of nitriles is 1. The van der Waals surface area contributed by atoms with Gasteiger partial charge in [-0.25, -0.2) is 4.39 Å². The van der Waals surface area contributed by atoms with Crippen LogP contribution in [0.3, 0.4) is 0 Å². The molecule has 0 spiro atoms. The van der Waals surface area contributed by atoms with Gasteiger partial charge < -0.3 is 4.57 Å². The molecule has 0 aliphatic rings. The molecule has 0 fully saturated rings. The topological polar surface area (TPSA) is 45.8 Å². The van der Waals surface area contributed by atoms with E-state index < -0.39 is 11.2 Å². The number of pyridine rings is 1. The molecular weight excluding hydrogens is 207 g/mol. The molecule has 0 saturated carbocycles. The molecule has 4 heteroatoms. The van der Waals surface area contributed by atoms with E-state index in [9.17, 15) is 9.18 Å². The highest BCUT2D eigenvalue weighted by atomic mass is 19.1. The SMILES string of the molecule is CC(C)(C#N)CCCn1cc(F)ccc1=O. The van der Waals surface area contributed by atoms with Crippen molar-refractivity contribution < 1.29 is 4.39 Å². The molecule has 0 saturated heterocycles. The number of aromatic nitrogens is 1. The zero-order valence-electron chi connectivity index (χ0n) is 9.53. The molecule has 0 amide bonds. The molecule has 0 aliphatic heterocycles. The van der Waals surface area contributed by atoms with Crippen molar-refractivity contribution in [2.24, 2.45) is 5.41 Å². The molecule has 86 valence electrons. The van der Waals surface area contributed by atoms with Crippen LogP contribution in [0.25, 0.3) is 0 Å². The Bertz CT molecular complexity index is 457. The minimum atomic E-state index is -0.417. The maximum atomic E-state index is 12.9. The summed E-state index contributed by atoms with van der Waals surface area (Å²) in [6, 6.07) is 4.56. The summed E-state index contributed by atoms with van der Waals surface area (Å²) in [4.78, 5) is 11.3. The molecule has 0 radical (unpaired) electrons. The Labute approximate surface area is 94.1 Å². The summed E-state index contributed by atoms with van der Waals surface area (Å²) in [5.41, 5.74) is -0.604. The van der Waals surface area contributed by atoms with E-state index >= 15 is 0 Å². The highest BCUT2D eigenvalue weighted by Crippen LogP contribution is 2.20. The molecule has 0 unspecified atom stereocenters. The minimum Gasteiger partial charge on any atom is -0.313 e. The molecule has 0 atom stereocenters. The van der Waals surface area contributed by atoms with E-state index in [1.807, 2.05) is 13.8 Å². The van der Waals surface area contributed by atoms with Gasteiger partial charge in [0.05, 0.1) is 11.5 Å². The molecule has 16 heavy (non-hydrogen) atoms. The lowest BCUT2D eigenvalue weighted by Crippen LogP contribution is -2.20. The van der Waals surface area contributed by atoms with Gasteiger partial charge >= 0.3 is 0 Å². The van der Waals surface area contributed by atoms with Gasteiger partial charge in [0.1, 0.15) is 5.82 Å². The van der Waals surface area contributed by atoms with Crippen LogP contribution in [0.15, 0.2) is 23.1 Å². The molecule has 1 heterocycles. The Balaban J connectivity index is 2.60. The van der Waals surface area contributed by atoms with Gasteiger partial charge in [-0.3, -0.25) is 4.79 Å². The lowest BCUT2D eigenvalue weighted by molar-refractivity contribution is 0.411. The van der Waals surface area contributed by atoms with Gasteiger partial charge in [0.2, 0.25) is 0 Å². The van der Waals surface area contributed by atoms with Crippen molar-refractivity contribution in [1.82, 2.24) is 4.57 Å². The van der Waals surface area contributed by atoms with Crippen molar-refractivity contribution in [2.45, 2.75) is 33.2 Å². The number of rotatable bonds is 4. The van der Waals surface area contributed by atoms with Crippen molar-refractivity contribution in [3.05, 3.63) is 34.5 Å². The number of hydrogen-bond donors (Lipinski definition) is 0. The Kier molecular flexibility index (Phi) is 3.83. The molecule has 0 N–H and O–H groups in total. The highest BCUT2D eigenvalue weighted by Gasteiger charge is 2.15. The van der Waals surface area contributed by atoms with Crippen molar-refractivity contribution in [2.75, 3.05) is 0 Å². The molecule has 1 aromatic rings. The summed E-state index contributed by atoms with van der Waals surface area (Å²) in [7, 11) is 0. The second-order valence-electron chi connectivity index (χ2n) is 4.48. The fourth-order valence-corrected chi connectivity index (χ4v) is 1.42. The van der Waals surface area contributed by atoms with Crippen LogP contribution >= 0.6 is 0 Å². The van der Waals surface area contributed by atoms with Gasteiger partial charge in [0.15, 0.2) is 0 Å². The lowest BCUT2D eigenvalue weighted by atomic mass is 9.90. The van der Waals surface area contributed by atoms with Crippen LogP contribution in [-0.2, 0) is 6.54 Å². The van der Waals surface area contributed by atoms with Gasteiger partial charge in [-0.2, -0.15) is 5.26 Å². The number of aryl methyl sites for hydroxylation is 1. The molecule has 1 rings (SSSR count). The van der Waals surface area contributed by atoms with Crippen LogP contribution in [-0.4, -0.2) is 4.57 Å². The van der Waals surface area contributed by atoms with E-state index in [-0.39, 0.29) is 5.56 Å². The van der Waals surface area contributed by atoms with Gasteiger partial charge in [-0.05, 0) is 32.8 Å². The normalized spacial score (nSPS) is 11.1. The number of nitrogens with zero attached hydrogens (tertiary/aromatic N) is 2. The van der Waals surface area contributed by atoms with Crippen molar-refractivity contribution in [1.29, 1.82) is 5.26 Å². The summed E-state index contributed by atoms with van der Waals surface area (Å²) < 4.78 is 14.2. The highest BCUT2D eigenvalue weighted by molar-refractivity contribution is 4.97. The third-order valence-corrected chi connectivity index (χ3v) is 2.45. The Morgan fingerprint density at radius 3 is 2.81 bits per heavy atom. The van der Waals surface area contributed by atoms with Crippen LogP contribution in [0.2, 0.25) is 0 Å². The molecule has 0 aromatic carbocycles. The summed E-state index contributed by atoms with van der Waals surface area (Å²) in [6.45, 7) is 4.14. The Hall–Kier alpha value is -1.63. The molecule has 1 aromatic heterocycles. The zero-order chi connectivity index (χ0) is 12.2. The van der Waals surface area contributed by atoms with Crippen LogP contribution in [0.5, 0.6) is 0 Å². The third kappa shape index (κ3) is 3.50. The summed E-state index contributed by atoms with van der Waals surface area (Å²) in [5, 5.41) is 8.81. The molecule has 0 bridgehead atoms. The minimum absolute atomic E-state index is 0.212. The van der Waals surface area contributed by atoms with E-state index in [1.165, 1.54) is 16.8 Å². The molecule has 3 nitrogen and oxygen atoms in total. The van der Waals surface area contributed by atoms with Gasteiger partial charge in [-0.15, -0.1) is 0 Å². The van der Waals surface area contributed by atoms with E-state index in [2.05, 4.69) is 6.07 Å². The van der Waals surface area contributed by atoms with Gasteiger partial charge in [-0.1, -0.05) is 0 Å². The van der Waals surface area contributed by atoms with Crippen LogP contribution in [0, 0.1) is 22.6 Å². The van der Waals surface area contributed by atoms with Crippen LogP contribution in [0.1, 0.15) is 26.7 Å².